The first-order valence-corrected chi connectivity index (χ1v) is 13.0. The van der Waals surface area contributed by atoms with Crippen molar-refractivity contribution >= 4 is 55.8 Å². The average molecular weight is 488 g/mol. The lowest BCUT2D eigenvalue weighted by Gasteiger charge is -2.33. The summed E-state index contributed by atoms with van der Waals surface area (Å²) in [6.07, 6.45) is 3.36. The molecule has 1 saturated heterocycles. The second-order valence-electron chi connectivity index (χ2n) is 9.24. The van der Waals surface area contributed by atoms with Gasteiger partial charge in [0, 0.05) is 38.3 Å². The summed E-state index contributed by atoms with van der Waals surface area (Å²) in [5, 5.41) is 19.8. The predicted molar refractivity (Wildman–Crippen MR) is 133 cm³/mol. The molecule has 1 aliphatic carbocycles. The largest absolute Gasteiger partial charge is 0.390 e. The van der Waals surface area contributed by atoms with Gasteiger partial charge in [-0.15, -0.1) is 11.3 Å². The van der Waals surface area contributed by atoms with E-state index in [-0.39, 0.29) is 11.9 Å². The van der Waals surface area contributed by atoms with Crippen molar-refractivity contribution in [2.75, 3.05) is 43.9 Å². The van der Waals surface area contributed by atoms with Gasteiger partial charge in [0.2, 0.25) is 5.95 Å². The van der Waals surface area contributed by atoms with E-state index in [2.05, 4.69) is 31.9 Å². The van der Waals surface area contributed by atoms with Crippen molar-refractivity contribution in [1.82, 2.24) is 24.1 Å². The lowest BCUT2D eigenvalue weighted by Crippen LogP contribution is -2.47. The summed E-state index contributed by atoms with van der Waals surface area (Å²) in [5.41, 5.74) is 0.762. The minimum atomic E-state index is -0.569. The highest BCUT2D eigenvalue weighted by Crippen LogP contribution is 2.33. The van der Waals surface area contributed by atoms with Crippen molar-refractivity contribution in [3.63, 3.8) is 0 Å². The molecular weight excluding hydrogens is 458 g/mol. The van der Waals surface area contributed by atoms with Crippen LogP contribution in [0.5, 0.6) is 0 Å². The monoisotopic (exact) mass is 487 g/mol. The molecule has 0 aromatic carbocycles. The number of thiophene rings is 1. The Morgan fingerprint density at radius 1 is 1.21 bits per heavy atom. The minimum Gasteiger partial charge on any atom is -0.390 e. The van der Waals surface area contributed by atoms with Gasteiger partial charge < -0.3 is 25.5 Å². The van der Waals surface area contributed by atoms with E-state index in [0.29, 0.717) is 11.6 Å². The zero-order chi connectivity index (χ0) is 23.0. The molecule has 9 nitrogen and oxygen atoms in total. The van der Waals surface area contributed by atoms with Gasteiger partial charge in [-0.25, -0.2) is 4.98 Å². The molecule has 0 bridgehead atoms. The SMILES string of the molecule is CN1CCN(C(=O)c2cc(Nc3nc(NC4CCC(C)(O)CC4)c4sccc4n3)sn2)CC1. The Balaban J connectivity index is 1.30. The fourth-order valence-electron chi connectivity index (χ4n) is 4.31. The standard InChI is InChI=1S/C22H29N7O2S2/c1-22(31)6-3-14(4-7-22)23-19-18-15(5-12-32-18)24-21(26-19)25-17-13-16(27-33-17)20(30)29-10-8-28(2)9-11-29/h5,12-14,31H,3-4,6-11H2,1-2H3,(H2,23,24,25,26). The van der Waals surface area contributed by atoms with E-state index in [1.165, 1.54) is 11.5 Å². The molecule has 4 heterocycles. The number of hydrogen-bond donors (Lipinski definition) is 3. The molecule has 0 unspecified atom stereocenters. The summed E-state index contributed by atoms with van der Waals surface area (Å²) >= 11 is 2.85. The number of rotatable bonds is 5. The number of carbonyl (C=O) groups is 1. The summed E-state index contributed by atoms with van der Waals surface area (Å²) < 4.78 is 5.39. The number of carbonyl (C=O) groups excluding carboxylic acids is 1. The van der Waals surface area contributed by atoms with Crippen molar-refractivity contribution in [1.29, 1.82) is 0 Å². The molecule has 1 amide bonds. The van der Waals surface area contributed by atoms with Crippen LogP contribution in [0.25, 0.3) is 10.2 Å². The van der Waals surface area contributed by atoms with E-state index < -0.39 is 5.60 Å². The number of anilines is 3. The molecule has 11 heteroatoms. The van der Waals surface area contributed by atoms with Crippen LogP contribution in [0.15, 0.2) is 17.5 Å². The number of piperazine rings is 1. The molecule has 3 N–H and O–H groups in total. The fraction of sp³-hybridized carbons (Fsp3) is 0.545. The van der Waals surface area contributed by atoms with E-state index in [0.717, 1.165) is 72.9 Å². The van der Waals surface area contributed by atoms with E-state index in [9.17, 15) is 9.90 Å². The molecule has 0 radical (unpaired) electrons. The predicted octanol–water partition coefficient (Wildman–Crippen LogP) is 3.38. The van der Waals surface area contributed by atoms with Crippen LogP contribution in [0.2, 0.25) is 0 Å². The highest BCUT2D eigenvalue weighted by atomic mass is 32.1. The molecule has 176 valence electrons. The smallest absolute Gasteiger partial charge is 0.273 e. The topological polar surface area (TPSA) is 107 Å². The van der Waals surface area contributed by atoms with Crippen LogP contribution in [0, 0.1) is 0 Å². The number of nitrogens with zero attached hydrogens (tertiary/aromatic N) is 5. The lowest BCUT2D eigenvalue weighted by molar-refractivity contribution is 0.0196. The molecule has 0 spiro atoms. The quantitative estimate of drug-likeness (QED) is 0.503. The van der Waals surface area contributed by atoms with Gasteiger partial charge in [0.1, 0.15) is 16.5 Å². The van der Waals surface area contributed by atoms with Gasteiger partial charge in [0.25, 0.3) is 5.91 Å². The first-order valence-electron chi connectivity index (χ1n) is 11.3. The fourth-order valence-corrected chi connectivity index (χ4v) is 5.72. The Kier molecular flexibility index (Phi) is 6.21. The zero-order valence-corrected chi connectivity index (χ0v) is 20.5. The minimum absolute atomic E-state index is 0.0304. The van der Waals surface area contributed by atoms with Crippen molar-refractivity contribution in [3.8, 4) is 0 Å². The normalized spacial score (nSPS) is 24.2. The third-order valence-corrected chi connectivity index (χ3v) is 8.08. The molecule has 3 aromatic heterocycles. The summed E-state index contributed by atoms with van der Waals surface area (Å²) in [4.78, 5) is 26.3. The second-order valence-corrected chi connectivity index (χ2v) is 11.0. The van der Waals surface area contributed by atoms with E-state index in [1.807, 2.05) is 23.3 Å². The van der Waals surface area contributed by atoms with Gasteiger partial charge in [-0.1, -0.05) is 0 Å². The maximum Gasteiger partial charge on any atom is 0.273 e. The summed E-state index contributed by atoms with van der Waals surface area (Å²) in [6.45, 7) is 5.11. The first-order chi connectivity index (χ1) is 15.9. The first kappa shape index (κ1) is 22.5. The maximum absolute atomic E-state index is 12.8. The summed E-state index contributed by atoms with van der Waals surface area (Å²) in [5.74, 6) is 1.26. The van der Waals surface area contributed by atoms with E-state index >= 15 is 0 Å². The average Bonchev–Trinajstić information content (AvgIpc) is 3.45. The zero-order valence-electron chi connectivity index (χ0n) is 18.9. The van der Waals surface area contributed by atoms with Crippen molar-refractivity contribution in [2.24, 2.45) is 0 Å². The Hall–Kier alpha value is -2.34. The molecule has 33 heavy (non-hydrogen) atoms. The highest BCUT2D eigenvalue weighted by Gasteiger charge is 2.29. The van der Waals surface area contributed by atoms with Crippen LogP contribution in [0.3, 0.4) is 0 Å². The van der Waals surface area contributed by atoms with Crippen molar-refractivity contribution < 1.29 is 9.90 Å². The molecule has 2 aliphatic rings. The van der Waals surface area contributed by atoms with Gasteiger partial charge in [-0.2, -0.15) is 9.36 Å². The highest BCUT2D eigenvalue weighted by molar-refractivity contribution is 7.17. The lowest BCUT2D eigenvalue weighted by atomic mass is 9.84. The Morgan fingerprint density at radius 2 is 1.97 bits per heavy atom. The van der Waals surface area contributed by atoms with Gasteiger partial charge in [0.15, 0.2) is 0 Å². The van der Waals surface area contributed by atoms with Crippen LogP contribution in [-0.4, -0.2) is 80.0 Å². The molecule has 2 fully saturated rings. The van der Waals surface area contributed by atoms with Gasteiger partial charge in [-0.05, 0) is 62.6 Å². The van der Waals surface area contributed by atoms with E-state index in [1.54, 1.807) is 17.4 Å². The third kappa shape index (κ3) is 5.11. The maximum atomic E-state index is 12.8. The second kappa shape index (κ2) is 9.13. The number of nitrogens with one attached hydrogen (secondary N) is 2. The van der Waals surface area contributed by atoms with E-state index in [4.69, 9.17) is 4.98 Å². The van der Waals surface area contributed by atoms with Crippen LogP contribution in [-0.2, 0) is 0 Å². The number of aromatic nitrogens is 3. The molecule has 3 aromatic rings. The Morgan fingerprint density at radius 3 is 2.73 bits per heavy atom. The van der Waals surface area contributed by atoms with Gasteiger partial charge >= 0.3 is 0 Å². The van der Waals surface area contributed by atoms with Crippen LogP contribution in [0.4, 0.5) is 16.8 Å². The summed E-state index contributed by atoms with van der Waals surface area (Å²) in [7, 11) is 2.07. The molecule has 5 rings (SSSR count). The third-order valence-electron chi connectivity index (χ3n) is 6.46. The number of fused-ring (bicyclic) bond motifs is 1. The molecular formula is C22H29N7O2S2. The Bertz CT molecular complexity index is 1130. The Labute approximate surface area is 201 Å². The molecule has 0 atom stereocenters. The van der Waals surface area contributed by atoms with Crippen LogP contribution >= 0.6 is 22.9 Å². The van der Waals surface area contributed by atoms with Crippen LogP contribution in [0.1, 0.15) is 43.1 Å². The van der Waals surface area contributed by atoms with Crippen LogP contribution < -0.4 is 10.6 Å². The molecule has 1 saturated carbocycles. The van der Waals surface area contributed by atoms with Crippen molar-refractivity contribution in [3.05, 3.63) is 23.2 Å². The van der Waals surface area contributed by atoms with Crippen molar-refractivity contribution in [2.45, 2.75) is 44.2 Å². The number of amides is 1. The van der Waals surface area contributed by atoms with Gasteiger partial charge in [-0.3, -0.25) is 4.79 Å². The molecule has 1 aliphatic heterocycles. The van der Waals surface area contributed by atoms with Gasteiger partial charge in [0.05, 0.1) is 15.8 Å². The number of likely N-dealkylation sites (N-methyl/N-ethyl adjacent to an activating group) is 1. The number of aliphatic hydroxyl groups is 1. The number of hydrogen-bond acceptors (Lipinski definition) is 10. The summed E-state index contributed by atoms with van der Waals surface area (Å²) in [6, 6.07) is 4.04.